The highest BCUT2D eigenvalue weighted by atomic mass is 35.5. The molecule has 19 heavy (non-hydrogen) atoms. The molecule has 0 bridgehead atoms. The van der Waals surface area contributed by atoms with Crippen LogP contribution < -0.4 is 5.73 Å². The van der Waals surface area contributed by atoms with E-state index in [0.717, 1.165) is 36.7 Å². The van der Waals surface area contributed by atoms with Crippen molar-refractivity contribution in [1.29, 1.82) is 0 Å². The Balaban J connectivity index is 2.15. The SMILES string of the molecule is CC(N)C(c1ccc(Cl)s1)N1CCCC(C)(O)CC1. The number of aliphatic hydroxyl groups is 1. The molecule has 0 spiro atoms. The fourth-order valence-corrected chi connectivity index (χ4v) is 4.13. The number of halogens is 1. The van der Waals surface area contributed by atoms with Crippen LogP contribution in [0.25, 0.3) is 0 Å². The van der Waals surface area contributed by atoms with E-state index in [-0.39, 0.29) is 12.1 Å². The Morgan fingerprint density at radius 2 is 2.16 bits per heavy atom. The van der Waals surface area contributed by atoms with E-state index in [1.165, 1.54) is 4.88 Å². The molecule has 1 aromatic rings. The van der Waals surface area contributed by atoms with Crippen LogP contribution in [0.4, 0.5) is 0 Å². The Morgan fingerprint density at radius 3 is 2.74 bits per heavy atom. The third-order valence-corrected chi connectivity index (χ3v) is 5.18. The van der Waals surface area contributed by atoms with Gasteiger partial charge in [0, 0.05) is 17.5 Å². The van der Waals surface area contributed by atoms with Gasteiger partial charge in [-0.25, -0.2) is 0 Å². The van der Waals surface area contributed by atoms with E-state index in [1.54, 1.807) is 11.3 Å². The lowest BCUT2D eigenvalue weighted by molar-refractivity contribution is 0.0425. The molecule has 2 rings (SSSR count). The number of thiophene rings is 1. The number of hydrogen-bond donors (Lipinski definition) is 2. The summed E-state index contributed by atoms with van der Waals surface area (Å²) in [5.74, 6) is 0. The summed E-state index contributed by atoms with van der Waals surface area (Å²) in [5, 5.41) is 10.2. The number of nitrogens with zero attached hydrogens (tertiary/aromatic N) is 1. The van der Waals surface area contributed by atoms with Crippen molar-refractivity contribution in [1.82, 2.24) is 4.90 Å². The predicted molar refractivity (Wildman–Crippen MR) is 81.8 cm³/mol. The molecule has 5 heteroatoms. The minimum absolute atomic E-state index is 0.0535. The van der Waals surface area contributed by atoms with Gasteiger partial charge >= 0.3 is 0 Å². The van der Waals surface area contributed by atoms with Crippen LogP contribution in [-0.4, -0.2) is 34.7 Å². The van der Waals surface area contributed by atoms with E-state index in [9.17, 15) is 5.11 Å². The number of rotatable bonds is 3. The Hall–Kier alpha value is -0.130. The van der Waals surface area contributed by atoms with Crippen molar-refractivity contribution >= 4 is 22.9 Å². The van der Waals surface area contributed by atoms with E-state index in [2.05, 4.69) is 11.0 Å². The minimum Gasteiger partial charge on any atom is -0.390 e. The van der Waals surface area contributed by atoms with Gasteiger partial charge in [0.25, 0.3) is 0 Å². The third-order valence-electron chi connectivity index (χ3n) is 3.88. The van der Waals surface area contributed by atoms with Gasteiger partial charge in [-0.2, -0.15) is 0 Å². The van der Waals surface area contributed by atoms with E-state index in [4.69, 9.17) is 17.3 Å². The standard InChI is InChI=1S/C14H23ClN2OS/c1-10(16)13(11-4-5-12(15)19-11)17-8-3-6-14(2,18)7-9-17/h4-5,10,13,18H,3,6-9,16H2,1-2H3. The lowest BCUT2D eigenvalue weighted by atomic mass is 9.98. The summed E-state index contributed by atoms with van der Waals surface area (Å²) in [6.07, 6.45) is 2.67. The Bertz CT molecular complexity index is 419. The Morgan fingerprint density at radius 1 is 1.42 bits per heavy atom. The second-order valence-corrected chi connectivity index (χ2v) is 7.58. The summed E-state index contributed by atoms with van der Waals surface area (Å²) in [6, 6.07) is 4.26. The summed E-state index contributed by atoms with van der Waals surface area (Å²) in [4.78, 5) is 3.62. The molecule has 108 valence electrons. The van der Waals surface area contributed by atoms with Crippen molar-refractivity contribution in [2.24, 2.45) is 5.73 Å². The van der Waals surface area contributed by atoms with Gasteiger partial charge in [0.1, 0.15) is 0 Å². The van der Waals surface area contributed by atoms with Crippen molar-refractivity contribution in [2.75, 3.05) is 13.1 Å². The molecule has 3 N–H and O–H groups in total. The molecule has 2 heterocycles. The highest BCUT2D eigenvalue weighted by Crippen LogP contribution is 2.34. The molecule has 3 unspecified atom stereocenters. The molecule has 0 aliphatic carbocycles. The largest absolute Gasteiger partial charge is 0.390 e. The van der Waals surface area contributed by atoms with Crippen LogP contribution in [-0.2, 0) is 0 Å². The molecule has 3 atom stereocenters. The maximum Gasteiger partial charge on any atom is 0.0931 e. The van der Waals surface area contributed by atoms with Crippen molar-refractivity contribution in [3.05, 3.63) is 21.3 Å². The zero-order chi connectivity index (χ0) is 14.0. The van der Waals surface area contributed by atoms with Crippen molar-refractivity contribution in [3.8, 4) is 0 Å². The topological polar surface area (TPSA) is 49.5 Å². The Kier molecular flexibility index (Phi) is 4.90. The zero-order valence-corrected chi connectivity index (χ0v) is 13.2. The fourth-order valence-electron chi connectivity index (χ4n) is 2.82. The summed E-state index contributed by atoms with van der Waals surface area (Å²) in [7, 11) is 0. The molecule has 1 aliphatic heterocycles. The number of hydrogen-bond acceptors (Lipinski definition) is 4. The summed E-state index contributed by atoms with van der Waals surface area (Å²) in [6.45, 7) is 5.84. The number of likely N-dealkylation sites (tertiary alicyclic amines) is 1. The van der Waals surface area contributed by atoms with Crippen LogP contribution in [0.2, 0.25) is 4.34 Å². The molecule has 0 radical (unpaired) electrons. The van der Waals surface area contributed by atoms with Gasteiger partial charge in [-0.05, 0) is 51.8 Å². The molecule has 1 saturated heterocycles. The molecule has 0 amide bonds. The molecule has 1 aliphatic rings. The highest BCUT2D eigenvalue weighted by Gasteiger charge is 2.31. The first-order valence-electron chi connectivity index (χ1n) is 6.86. The smallest absolute Gasteiger partial charge is 0.0931 e. The zero-order valence-electron chi connectivity index (χ0n) is 11.6. The first-order chi connectivity index (χ1) is 8.89. The number of nitrogens with two attached hydrogens (primary N) is 1. The Labute approximate surface area is 124 Å². The second-order valence-electron chi connectivity index (χ2n) is 5.83. The van der Waals surface area contributed by atoms with Crippen molar-refractivity contribution < 1.29 is 5.11 Å². The first-order valence-corrected chi connectivity index (χ1v) is 8.06. The van der Waals surface area contributed by atoms with Gasteiger partial charge in [-0.1, -0.05) is 11.6 Å². The monoisotopic (exact) mass is 302 g/mol. The van der Waals surface area contributed by atoms with Crippen LogP contribution in [0, 0.1) is 0 Å². The van der Waals surface area contributed by atoms with Gasteiger partial charge in [0.05, 0.1) is 16.0 Å². The van der Waals surface area contributed by atoms with Crippen LogP contribution in [0.1, 0.15) is 44.0 Å². The highest BCUT2D eigenvalue weighted by molar-refractivity contribution is 7.16. The van der Waals surface area contributed by atoms with Gasteiger partial charge in [0.15, 0.2) is 0 Å². The van der Waals surface area contributed by atoms with Gasteiger partial charge < -0.3 is 10.8 Å². The van der Waals surface area contributed by atoms with Gasteiger partial charge in [-0.3, -0.25) is 4.90 Å². The quantitative estimate of drug-likeness (QED) is 0.902. The normalized spacial score (nSPS) is 28.9. The van der Waals surface area contributed by atoms with Gasteiger partial charge in [0.2, 0.25) is 0 Å². The van der Waals surface area contributed by atoms with Crippen molar-refractivity contribution in [3.63, 3.8) is 0 Å². The van der Waals surface area contributed by atoms with Gasteiger partial charge in [-0.15, -0.1) is 11.3 Å². The van der Waals surface area contributed by atoms with E-state index >= 15 is 0 Å². The molecule has 1 fully saturated rings. The molecule has 0 aromatic carbocycles. The van der Waals surface area contributed by atoms with E-state index in [0.29, 0.717) is 0 Å². The average molecular weight is 303 g/mol. The van der Waals surface area contributed by atoms with E-state index in [1.807, 2.05) is 19.9 Å². The maximum absolute atomic E-state index is 10.2. The predicted octanol–water partition coefficient (Wildman–Crippen LogP) is 3.03. The van der Waals surface area contributed by atoms with Crippen LogP contribution in [0.3, 0.4) is 0 Å². The second kappa shape index (κ2) is 6.10. The van der Waals surface area contributed by atoms with Crippen LogP contribution in [0.5, 0.6) is 0 Å². The lowest BCUT2D eigenvalue weighted by Gasteiger charge is -2.33. The van der Waals surface area contributed by atoms with Crippen LogP contribution in [0.15, 0.2) is 12.1 Å². The molecular weight excluding hydrogens is 280 g/mol. The summed E-state index contributed by atoms with van der Waals surface area (Å²) < 4.78 is 0.808. The minimum atomic E-state index is -0.537. The molecular formula is C14H23ClN2OS. The molecule has 1 aromatic heterocycles. The summed E-state index contributed by atoms with van der Waals surface area (Å²) in [5.41, 5.74) is 5.65. The maximum atomic E-state index is 10.2. The summed E-state index contributed by atoms with van der Waals surface area (Å²) >= 11 is 7.65. The third kappa shape index (κ3) is 3.92. The average Bonchev–Trinajstić information content (AvgIpc) is 2.63. The molecule has 0 saturated carbocycles. The first kappa shape index (κ1) is 15.3. The fraction of sp³-hybridized carbons (Fsp3) is 0.714. The lowest BCUT2D eigenvalue weighted by Crippen LogP contribution is -2.40. The van der Waals surface area contributed by atoms with E-state index < -0.39 is 5.60 Å². The van der Waals surface area contributed by atoms with Crippen molar-refractivity contribution in [2.45, 2.75) is 50.8 Å². The molecule has 3 nitrogen and oxygen atoms in total. The van der Waals surface area contributed by atoms with Crippen LogP contribution >= 0.6 is 22.9 Å².